The third-order valence-electron chi connectivity index (χ3n) is 4.48. The summed E-state index contributed by atoms with van der Waals surface area (Å²) in [5.74, 6) is 0.418. The van der Waals surface area contributed by atoms with E-state index in [1.54, 1.807) is 13.0 Å². The van der Waals surface area contributed by atoms with Gasteiger partial charge in [0.05, 0.1) is 6.04 Å². The molecule has 1 aliphatic heterocycles. The Morgan fingerprint density at radius 3 is 2.73 bits per heavy atom. The number of rotatable bonds is 6. The van der Waals surface area contributed by atoms with Crippen LogP contribution in [0.15, 0.2) is 36.4 Å². The van der Waals surface area contributed by atoms with Crippen molar-refractivity contribution >= 4 is 11.8 Å². The molecule has 0 bridgehead atoms. The van der Waals surface area contributed by atoms with E-state index in [9.17, 15) is 9.59 Å². The maximum atomic E-state index is 12.4. The van der Waals surface area contributed by atoms with Gasteiger partial charge in [0.25, 0.3) is 5.91 Å². The number of hydrogen-bond donors (Lipinski definition) is 1. The zero-order chi connectivity index (χ0) is 18.5. The molecule has 0 aliphatic carbocycles. The molecule has 2 aromatic rings. The highest BCUT2D eigenvalue weighted by Gasteiger charge is 2.30. The summed E-state index contributed by atoms with van der Waals surface area (Å²) < 4.78 is 0. The van der Waals surface area contributed by atoms with E-state index in [0.717, 1.165) is 18.5 Å². The SMILES string of the molecule is Cc1cc(C(=O)N[C@@H]2CC(=O)N(CCCc3ccccc3)C2)nc(C)n1. The molecule has 1 aromatic carbocycles. The summed E-state index contributed by atoms with van der Waals surface area (Å²) in [5.41, 5.74) is 2.39. The Balaban J connectivity index is 1.50. The highest BCUT2D eigenvalue weighted by molar-refractivity contribution is 5.93. The van der Waals surface area contributed by atoms with E-state index in [0.29, 0.717) is 31.0 Å². The van der Waals surface area contributed by atoms with Gasteiger partial charge in [-0.05, 0) is 38.3 Å². The molecule has 0 spiro atoms. The van der Waals surface area contributed by atoms with Gasteiger partial charge >= 0.3 is 0 Å². The van der Waals surface area contributed by atoms with E-state index in [4.69, 9.17) is 0 Å². The van der Waals surface area contributed by atoms with Crippen LogP contribution in [-0.4, -0.2) is 45.8 Å². The van der Waals surface area contributed by atoms with Crippen molar-refractivity contribution in [1.29, 1.82) is 0 Å². The second kappa shape index (κ2) is 8.08. The Hall–Kier alpha value is -2.76. The second-order valence-corrected chi connectivity index (χ2v) is 6.75. The largest absolute Gasteiger partial charge is 0.346 e. The molecule has 0 radical (unpaired) electrons. The molecule has 1 saturated heterocycles. The molecular weight excluding hydrogens is 328 g/mol. The average Bonchev–Trinajstić information content (AvgIpc) is 2.94. The van der Waals surface area contributed by atoms with E-state index in [-0.39, 0.29) is 17.9 Å². The van der Waals surface area contributed by atoms with Crippen LogP contribution in [0.25, 0.3) is 0 Å². The van der Waals surface area contributed by atoms with Crippen LogP contribution in [0.1, 0.15) is 40.4 Å². The van der Waals surface area contributed by atoms with Crippen LogP contribution in [0.3, 0.4) is 0 Å². The normalized spacial score (nSPS) is 16.8. The molecular formula is C20H24N4O2. The predicted octanol–water partition coefficient (Wildman–Crippen LogP) is 2.06. The molecule has 136 valence electrons. The van der Waals surface area contributed by atoms with E-state index >= 15 is 0 Å². The van der Waals surface area contributed by atoms with Gasteiger partial charge < -0.3 is 10.2 Å². The van der Waals surface area contributed by atoms with Crippen LogP contribution in [0.5, 0.6) is 0 Å². The molecule has 2 heterocycles. The topological polar surface area (TPSA) is 75.2 Å². The number of nitrogens with one attached hydrogen (secondary N) is 1. The van der Waals surface area contributed by atoms with Gasteiger partial charge in [0, 0.05) is 25.2 Å². The number of nitrogens with zero attached hydrogens (tertiary/aromatic N) is 3. The third kappa shape index (κ3) is 4.65. The fraction of sp³-hybridized carbons (Fsp3) is 0.400. The van der Waals surface area contributed by atoms with Crippen LogP contribution in [0, 0.1) is 13.8 Å². The fourth-order valence-corrected chi connectivity index (χ4v) is 3.30. The Morgan fingerprint density at radius 2 is 2.00 bits per heavy atom. The lowest BCUT2D eigenvalue weighted by atomic mass is 10.1. The molecule has 1 N–H and O–H groups in total. The molecule has 6 heteroatoms. The van der Waals surface area contributed by atoms with E-state index < -0.39 is 0 Å². The van der Waals surface area contributed by atoms with Gasteiger partial charge in [-0.15, -0.1) is 0 Å². The maximum Gasteiger partial charge on any atom is 0.270 e. The summed E-state index contributed by atoms with van der Waals surface area (Å²) in [6.45, 7) is 4.87. The number of benzene rings is 1. The van der Waals surface area contributed by atoms with Crippen molar-refractivity contribution in [2.75, 3.05) is 13.1 Å². The van der Waals surface area contributed by atoms with Crippen molar-refractivity contribution in [2.24, 2.45) is 0 Å². The monoisotopic (exact) mass is 352 g/mol. The number of aromatic nitrogens is 2. The quantitative estimate of drug-likeness (QED) is 0.863. The van der Waals surface area contributed by atoms with Crippen molar-refractivity contribution in [3.05, 3.63) is 59.2 Å². The predicted molar refractivity (Wildman–Crippen MR) is 98.7 cm³/mol. The minimum atomic E-state index is -0.248. The van der Waals surface area contributed by atoms with Gasteiger partial charge in [0.1, 0.15) is 11.5 Å². The van der Waals surface area contributed by atoms with Gasteiger partial charge in [0.2, 0.25) is 5.91 Å². The van der Waals surface area contributed by atoms with E-state index in [1.807, 2.05) is 30.0 Å². The van der Waals surface area contributed by atoms with Crippen LogP contribution in [0.2, 0.25) is 0 Å². The number of likely N-dealkylation sites (tertiary alicyclic amines) is 1. The summed E-state index contributed by atoms with van der Waals surface area (Å²) in [6.07, 6.45) is 2.21. The molecule has 3 rings (SSSR count). The smallest absolute Gasteiger partial charge is 0.270 e. The minimum absolute atomic E-state index is 0.0958. The molecule has 26 heavy (non-hydrogen) atoms. The molecule has 0 saturated carbocycles. The molecule has 6 nitrogen and oxygen atoms in total. The summed E-state index contributed by atoms with van der Waals surface area (Å²) >= 11 is 0. The first kappa shape index (κ1) is 18.0. The van der Waals surface area contributed by atoms with Crippen molar-refractivity contribution in [1.82, 2.24) is 20.2 Å². The first-order valence-electron chi connectivity index (χ1n) is 8.96. The van der Waals surface area contributed by atoms with E-state index in [1.165, 1.54) is 5.56 Å². The van der Waals surface area contributed by atoms with E-state index in [2.05, 4.69) is 27.4 Å². The highest BCUT2D eigenvalue weighted by Crippen LogP contribution is 2.13. The lowest BCUT2D eigenvalue weighted by molar-refractivity contribution is -0.127. The summed E-state index contributed by atoms with van der Waals surface area (Å²) in [4.78, 5) is 34.8. The van der Waals surface area contributed by atoms with Crippen molar-refractivity contribution < 1.29 is 9.59 Å². The number of carbonyl (C=O) groups excluding carboxylic acids is 2. The Kier molecular flexibility index (Phi) is 5.61. The third-order valence-corrected chi connectivity index (χ3v) is 4.48. The summed E-state index contributed by atoms with van der Waals surface area (Å²) in [5, 5.41) is 2.93. The Labute approximate surface area is 153 Å². The Morgan fingerprint density at radius 1 is 1.23 bits per heavy atom. The molecule has 1 aliphatic rings. The number of aryl methyl sites for hydroxylation is 3. The van der Waals surface area contributed by atoms with Gasteiger partial charge in [-0.1, -0.05) is 30.3 Å². The van der Waals surface area contributed by atoms with Gasteiger partial charge in [-0.2, -0.15) is 0 Å². The molecule has 0 unspecified atom stereocenters. The molecule has 1 aromatic heterocycles. The van der Waals surface area contributed by atoms with Gasteiger partial charge in [0.15, 0.2) is 0 Å². The Bertz CT molecular complexity index is 771. The molecule has 1 atom stereocenters. The maximum absolute atomic E-state index is 12.4. The minimum Gasteiger partial charge on any atom is -0.346 e. The van der Waals surface area contributed by atoms with Crippen LogP contribution < -0.4 is 5.32 Å². The van der Waals surface area contributed by atoms with Crippen molar-refractivity contribution in [3.8, 4) is 0 Å². The highest BCUT2D eigenvalue weighted by atomic mass is 16.2. The zero-order valence-corrected chi connectivity index (χ0v) is 15.2. The number of carbonyl (C=O) groups is 2. The van der Waals surface area contributed by atoms with Gasteiger partial charge in [-0.3, -0.25) is 9.59 Å². The van der Waals surface area contributed by atoms with Crippen molar-refractivity contribution in [3.63, 3.8) is 0 Å². The fourth-order valence-electron chi connectivity index (χ4n) is 3.30. The average molecular weight is 352 g/mol. The van der Waals surface area contributed by atoms with Crippen molar-refractivity contribution in [2.45, 2.75) is 39.2 Å². The lowest BCUT2D eigenvalue weighted by Gasteiger charge is -2.17. The lowest BCUT2D eigenvalue weighted by Crippen LogP contribution is -2.37. The summed E-state index contributed by atoms with van der Waals surface area (Å²) in [7, 11) is 0. The second-order valence-electron chi connectivity index (χ2n) is 6.75. The zero-order valence-electron chi connectivity index (χ0n) is 15.2. The number of hydrogen-bond acceptors (Lipinski definition) is 4. The summed E-state index contributed by atoms with van der Waals surface area (Å²) in [6, 6.07) is 11.7. The molecule has 1 fully saturated rings. The standard InChI is InChI=1S/C20H24N4O2/c1-14-11-18(22-15(2)21-14)20(26)23-17-12-19(25)24(13-17)10-6-9-16-7-4-3-5-8-16/h3-5,7-8,11,17H,6,9-10,12-13H2,1-2H3,(H,23,26)/t17-/m1/s1. The van der Waals surface area contributed by atoms with Crippen LogP contribution in [-0.2, 0) is 11.2 Å². The van der Waals surface area contributed by atoms with Crippen LogP contribution in [0.4, 0.5) is 0 Å². The van der Waals surface area contributed by atoms with Gasteiger partial charge in [-0.25, -0.2) is 9.97 Å². The molecule has 2 amide bonds. The first-order chi connectivity index (χ1) is 12.5. The number of amides is 2. The van der Waals surface area contributed by atoms with Crippen LogP contribution >= 0.6 is 0 Å². The first-order valence-corrected chi connectivity index (χ1v) is 8.96.